The summed E-state index contributed by atoms with van der Waals surface area (Å²) < 4.78 is 16.6. The number of ether oxygens (including phenoxy) is 3. The third-order valence-corrected chi connectivity index (χ3v) is 5.81. The van der Waals surface area contributed by atoms with Crippen molar-refractivity contribution in [2.45, 2.75) is 31.7 Å². The van der Waals surface area contributed by atoms with E-state index in [1.165, 1.54) is 5.69 Å². The van der Waals surface area contributed by atoms with Crippen LogP contribution in [0.25, 0.3) is 0 Å². The standard InChI is InChI=1S/C23H27ClN2O4/c1-28-19-5-3-18(4-6-19)26-9-7-17(8-10-26)25-22(27)15-16-13-20(24)23-21(14-16)29-11-2-12-30-23/h3-6,13-14,17H,2,7-12,15H2,1H3,(H,25,27). The number of anilines is 1. The molecule has 2 aliphatic rings. The Labute approximate surface area is 182 Å². The Bertz CT molecular complexity index is 880. The van der Waals surface area contributed by atoms with Crippen molar-refractivity contribution >= 4 is 23.2 Å². The van der Waals surface area contributed by atoms with Crippen molar-refractivity contribution in [3.8, 4) is 17.2 Å². The summed E-state index contributed by atoms with van der Waals surface area (Å²) in [5, 5.41) is 3.66. The Balaban J connectivity index is 1.30. The summed E-state index contributed by atoms with van der Waals surface area (Å²) in [5.41, 5.74) is 2.01. The monoisotopic (exact) mass is 430 g/mol. The van der Waals surface area contributed by atoms with E-state index in [0.717, 1.165) is 43.7 Å². The zero-order chi connectivity index (χ0) is 20.9. The molecule has 0 aromatic heterocycles. The van der Waals surface area contributed by atoms with Crippen molar-refractivity contribution in [2.75, 3.05) is 38.3 Å². The number of hydrogen-bond acceptors (Lipinski definition) is 5. The van der Waals surface area contributed by atoms with Crippen LogP contribution >= 0.6 is 11.6 Å². The molecule has 2 aromatic carbocycles. The van der Waals surface area contributed by atoms with Crippen LogP contribution in [0, 0.1) is 0 Å². The van der Waals surface area contributed by atoms with E-state index in [1.807, 2.05) is 18.2 Å². The SMILES string of the molecule is COc1ccc(N2CCC(NC(=O)Cc3cc(Cl)c4c(c3)OCCCO4)CC2)cc1. The average Bonchev–Trinajstić information content (AvgIpc) is 3.00. The minimum absolute atomic E-state index is 0.00320. The highest BCUT2D eigenvalue weighted by Gasteiger charge is 2.22. The van der Waals surface area contributed by atoms with Crippen LogP contribution in [0.4, 0.5) is 5.69 Å². The molecule has 2 aliphatic heterocycles. The van der Waals surface area contributed by atoms with Gasteiger partial charge in [-0.25, -0.2) is 0 Å². The first-order valence-electron chi connectivity index (χ1n) is 10.4. The Hall–Kier alpha value is -2.60. The van der Waals surface area contributed by atoms with Gasteiger partial charge in [0.2, 0.25) is 5.91 Å². The van der Waals surface area contributed by atoms with Crippen molar-refractivity contribution in [1.82, 2.24) is 5.32 Å². The third kappa shape index (κ3) is 4.93. The number of piperidine rings is 1. The van der Waals surface area contributed by atoms with Gasteiger partial charge >= 0.3 is 0 Å². The lowest BCUT2D eigenvalue weighted by atomic mass is 10.0. The van der Waals surface area contributed by atoms with Gasteiger partial charge in [-0.15, -0.1) is 0 Å². The smallest absolute Gasteiger partial charge is 0.224 e. The molecule has 0 radical (unpaired) electrons. The van der Waals surface area contributed by atoms with Gasteiger partial charge in [0.15, 0.2) is 11.5 Å². The van der Waals surface area contributed by atoms with Crippen LogP contribution in [0.3, 0.4) is 0 Å². The summed E-state index contributed by atoms with van der Waals surface area (Å²) in [6.45, 7) is 2.99. The molecular weight excluding hydrogens is 404 g/mol. The Morgan fingerprint density at radius 3 is 2.63 bits per heavy atom. The molecule has 1 saturated heterocycles. The van der Waals surface area contributed by atoms with Crippen LogP contribution < -0.4 is 24.4 Å². The van der Waals surface area contributed by atoms with Crippen LogP contribution in [0.5, 0.6) is 17.2 Å². The van der Waals surface area contributed by atoms with E-state index in [4.69, 9.17) is 25.8 Å². The van der Waals surface area contributed by atoms with E-state index >= 15 is 0 Å². The molecule has 0 saturated carbocycles. The molecule has 160 valence electrons. The fraction of sp³-hybridized carbons (Fsp3) is 0.435. The fourth-order valence-corrected chi connectivity index (χ4v) is 4.21. The summed E-state index contributed by atoms with van der Waals surface area (Å²) in [4.78, 5) is 14.9. The summed E-state index contributed by atoms with van der Waals surface area (Å²) in [6.07, 6.45) is 2.92. The van der Waals surface area contributed by atoms with Crippen LogP contribution in [0.2, 0.25) is 5.02 Å². The van der Waals surface area contributed by atoms with Crippen LogP contribution in [0.15, 0.2) is 36.4 Å². The molecule has 0 bridgehead atoms. The molecule has 30 heavy (non-hydrogen) atoms. The first-order chi connectivity index (χ1) is 14.6. The van der Waals surface area contributed by atoms with E-state index in [-0.39, 0.29) is 18.4 Å². The topological polar surface area (TPSA) is 60.0 Å². The molecule has 1 amide bonds. The number of rotatable bonds is 5. The van der Waals surface area contributed by atoms with Crippen LogP contribution in [-0.2, 0) is 11.2 Å². The summed E-state index contributed by atoms with van der Waals surface area (Å²) in [6, 6.07) is 11.9. The minimum Gasteiger partial charge on any atom is -0.497 e. The second-order valence-electron chi connectivity index (χ2n) is 7.66. The number of fused-ring (bicyclic) bond motifs is 1. The quantitative estimate of drug-likeness (QED) is 0.781. The molecule has 2 aromatic rings. The molecule has 0 spiro atoms. The number of carbonyl (C=O) groups excluding carboxylic acids is 1. The van der Waals surface area contributed by atoms with Gasteiger partial charge in [-0.3, -0.25) is 4.79 Å². The summed E-state index contributed by atoms with van der Waals surface area (Å²) in [5.74, 6) is 2.05. The molecule has 0 unspecified atom stereocenters. The van der Waals surface area contributed by atoms with Crippen molar-refractivity contribution in [3.05, 3.63) is 47.0 Å². The van der Waals surface area contributed by atoms with E-state index in [1.54, 1.807) is 13.2 Å². The maximum absolute atomic E-state index is 12.6. The molecule has 7 heteroatoms. The van der Waals surface area contributed by atoms with Gasteiger partial charge in [0.25, 0.3) is 0 Å². The maximum atomic E-state index is 12.6. The van der Waals surface area contributed by atoms with Crippen LogP contribution in [0.1, 0.15) is 24.8 Å². The highest BCUT2D eigenvalue weighted by Crippen LogP contribution is 2.38. The minimum atomic E-state index is 0.00320. The second-order valence-corrected chi connectivity index (χ2v) is 8.07. The highest BCUT2D eigenvalue weighted by molar-refractivity contribution is 6.32. The molecule has 4 rings (SSSR count). The third-order valence-electron chi connectivity index (χ3n) is 5.52. The molecule has 6 nitrogen and oxygen atoms in total. The second kappa shape index (κ2) is 9.47. The van der Waals surface area contributed by atoms with Gasteiger partial charge in [0.1, 0.15) is 5.75 Å². The number of hydrogen-bond donors (Lipinski definition) is 1. The summed E-state index contributed by atoms with van der Waals surface area (Å²) >= 11 is 6.34. The van der Waals surface area contributed by atoms with Gasteiger partial charge in [0.05, 0.1) is 31.8 Å². The molecule has 2 heterocycles. The molecule has 0 aliphatic carbocycles. The van der Waals surface area contributed by atoms with Gasteiger partial charge in [0, 0.05) is 31.2 Å². The molecule has 0 atom stereocenters. The number of amides is 1. The van der Waals surface area contributed by atoms with Crippen molar-refractivity contribution in [1.29, 1.82) is 0 Å². The Morgan fingerprint density at radius 1 is 1.17 bits per heavy atom. The molecule has 1 N–H and O–H groups in total. The predicted molar refractivity (Wildman–Crippen MR) is 117 cm³/mol. The maximum Gasteiger partial charge on any atom is 0.224 e. The Kier molecular flexibility index (Phi) is 6.53. The highest BCUT2D eigenvalue weighted by atomic mass is 35.5. The number of carbonyl (C=O) groups is 1. The lowest BCUT2D eigenvalue weighted by molar-refractivity contribution is -0.121. The lowest BCUT2D eigenvalue weighted by Crippen LogP contribution is -2.45. The zero-order valence-corrected chi connectivity index (χ0v) is 17.9. The van der Waals surface area contributed by atoms with E-state index in [0.29, 0.717) is 29.7 Å². The van der Waals surface area contributed by atoms with E-state index in [2.05, 4.69) is 22.3 Å². The Morgan fingerprint density at radius 2 is 1.90 bits per heavy atom. The zero-order valence-electron chi connectivity index (χ0n) is 17.2. The number of nitrogens with one attached hydrogen (secondary N) is 1. The van der Waals surface area contributed by atoms with Crippen LogP contribution in [-0.4, -0.2) is 45.4 Å². The van der Waals surface area contributed by atoms with E-state index in [9.17, 15) is 4.79 Å². The first-order valence-corrected chi connectivity index (χ1v) is 10.8. The van der Waals surface area contributed by atoms with Crippen molar-refractivity contribution < 1.29 is 19.0 Å². The number of nitrogens with zero attached hydrogens (tertiary/aromatic N) is 1. The summed E-state index contributed by atoms with van der Waals surface area (Å²) in [7, 11) is 1.67. The van der Waals surface area contributed by atoms with E-state index < -0.39 is 0 Å². The first kappa shape index (κ1) is 20.7. The largest absolute Gasteiger partial charge is 0.497 e. The number of benzene rings is 2. The normalized spacial score (nSPS) is 16.7. The van der Waals surface area contributed by atoms with Gasteiger partial charge < -0.3 is 24.4 Å². The molecule has 1 fully saturated rings. The van der Waals surface area contributed by atoms with Crippen molar-refractivity contribution in [2.24, 2.45) is 0 Å². The number of halogens is 1. The molecular formula is C23H27ClN2O4. The van der Waals surface area contributed by atoms with Gasteiger partial charge in [-0.2, -0.15) is 0 Å². The number of methoxy groups -OCH3 is 1. The predicted octanol–water partition coefficient (Wildman–Crippen LogP) is 3.84. The van der Waals surface area contributed by atoms with Crippen molar-refractivity contribution in [3.63, 3.8) is 0 Å². The van der Waals surface area contributed by atoms with Gasteiger partial charge in [-0.1, -0.05) is 11.6 Å². The fourth-order valence-electron chi connectivity index (χ4n) is 3.93. The average molecular weight is 431 g/mol. The van der Waals surface area contributed by atoms with Gasteiger partial charge in [-0.05, 0) is 54.8 Å². The lowest BCUT2D eigenvalue weighted by Gasteiger charge is -2.34.